The number of methoxy groups -OCH3 is 1. The summed E-state index contributed by atoms with van der Waals surface area (Å²) in [5.74, 6) is -0.530. The minimum Gasteiger partial charge on any atom is -0.467 e. The molecule has 0 spiro atoms. The summed E-state index contributed by atoms with van der Waals surface area (Å²) < 4.78 is 10.1. The van der Waals surface area contributed by atoms with Crippen molar-refractivity contribution in [3.05, 3.63) is 48.0 Å². The van der Waals surface area contributed by atoms with Gasteiger partial charge in [-0.25, -0.2) is 9.59 Å². The third-order valence-electron chi connectivity index (χ3n) is 5.47. The zero-order valence-corrected chi connectivity index (χ0v) is 19.6. The normalized spacial score (nSPS) is 14.1. The molecule has 1 rings (SSSR count). The Balaban J connectivity index is 2.77. The fourth-order valence-electron chi connectivity index (χ4n) is 3.60. The number of unbranched alkanes of at least 4 members (excludes halogenated alkanes) is 4. The van der Waals surface area contributed by atoms with Crippen molar-refractivity contribution in [3.8, 4) is 0 Å². The second kappa shape index (κ2) is 15.5. The van der Waals surface area contributed by atoms with Gasteiger partial charge in [0.15, 0.2) is 0 Å². The Kier molecular flexibility index (Phi) is 13.3. The molecule has 0 bridgehead atoms. The number of benzene rings is 1. The summed E-state index contributed by atoms with van der Waals surface area (Å²) in [5, 5.41) is 6.05. The highest BCUT2D eigenvalue weighted by Gasteiger charge is 2.26. The number of esters is 1. The molecular formula is C25H40N2O4. The predicted molar refractivity (Wildman–Crippen MR) is 125 cm³/mol. The number of ether oxygens (including phenoxy) is 2. The molecule has 31 heavy (non-hydrogen) atoms. The second-order valence-electron chi connectivity index (χ2n) is 7.89. The molecule has 0 radical (unpaired) electrons. The molecular weight excluding hydrogens is 392 g/mol. The first-order valence-electron chi connectivity index (χ1n) is 11.4. The summed E-state index contributed by atoms with van der Waals surface area (Å²) in [7, 11) is 3.26. The van der Waals surface area contributed by atoms with Gasteiger partial charge >= 0.3 is 12.1 Å². The highest BCUT2D eigenvalue weighted by molar-refractivity contribution is 5.83. The molecule has 2 unspecified atom stereocenters. The average molecular weight is 433 g/mol. The van der Waals surface area contributed by atoms with Gasteiger partial charge in [-0.1, -0.05) is 94.9 Å². The van der Waals surface area contributed by atoms with Gasteiger partial charge < -0.3 is 20.1 Å². The topological polar surface area (TPSA) is 76.7 Å². The molecule has 1 amide bonds. The van der Waals surface area contributed by atoms with Crippen molar-refractivity contribution in [2.45, 2.75) is 83.4 Å². The van der Waals surface area contributed by atoms with E-state index in [0.717, 1.165) is 31.2 Å². The maximum absolute atomic E-state index is 12.3. The Morgan fingerprint density at radius 2 is 1.74 bits per heavy atom. The van der Waals surface area contributed by atoms with Crippen molar-refractivity contribution in [2.24, 2.45) is 0 Å². The van der Waals surface area contributed by atoms with E-state index in [9.17, 15) is 9.59 Å². The fourth-order valence-corrected chi connectivity index (χ4v) is 3.60. The molecule has 2 atom stereocenters. The zero-order chi connectivity index (χ0) is 23.0. The van der Waals surface area contributed by atoms with E-state index in [0.29, 0.717) is 0 Å². The van der Waals surface area contributed by atoms with Gasteiger partial charge in [0.25, 0.3) is 0 Å². The molecule has 0 saturated carbocycles. The number of carbonyl (C=O) groups is 2. The lowest BCUT2D eigenvalue weighted by molar-refractivity contribution is -0.141. The van der Waals surface area contributed by atoms with Gasteiger partial charge in [-0.05, 0) is 25.5 Å². The Morgan fingerprint density at radius 3 is 2.35 bits per heavy atom. The lowest BCUT2D eigenvalue weighted by Crippen LogP contribution is -2.44. The zero-order valence-electron chi connectivity index (χ0n) is 19.6. The smallest absolute Gasteiger partial charge is 0.408 e. The third kappa shape index (κ3) is 10.5. The van der Waals surface area contributed by atoms with Crippen LogP contribution in [0.1, 0.15) is 70.8 Å². The minimum absolute atomic E-state index is 0.137. The lowest BCUT2D eigenvalue weighted by Gasteiger charge is -2.31. The van der Waals surface area contributed by atoms with Gasteiger partial charge in [-0.15, -0.1) is 0 Å². The number of likely N-dealkylation sites (N-methyl/N-ethyl adjacent to an activating group) is 1. The molecule has 6 nitrogen and oxygen atoms in total. The van der Waals surface area contributed by atoms with Gasteiger partial charge in [-0.3, -0.25) is 0 Å². The van der Waals surface area contributed by atoms with Crippen molar-refractivity contribution in [1.82, 2.24) is 10.6 Å². The fraction of sp³-hybridized carbons (Fsp3) is 0.600. The number of hydrogen-bond donors (Lipinski definition) is 2. The van der Waals surface area contributed by atoms with Gasteiger partial charge in [0.05, 0.1) is 7.11 Å². The summed E-state index contributed by atoms with van der Waals surface area (Å²) in [5.41, 5.74) is 0.658. The average Bonchev–Trinajstić information content (AvgIpc) is 2.80. The molecule has 0 aliphatic carbocycles. The molecule has 0 aliphatic heterocycles. The summed E-state index contributed by atoms with van der Waals surface area (Å²) in [6.07, 6.45) is 12.0. The highest BCUT2D eigenvalue weighted by Crippen LogP contribution is 2.23. The minimum atomic E-state index is -0.905. The number of hydrogen-bond acceptors (Lipinski definition) is 5. The largest absolute Gasteiger partial charge is 0.467 e. The predicted octanol–water partition coefficient (Wildman–Crippen LogP) is 5.13. The van der Waals surface area contributed by atoms with E-state index >= 15 is 0 Å². The van der Waals surface area contributed by atoms with Crippen LogP contribution in [0.25, 0.3) is 0 Å². The molecule has 174 valence electrons. The molecule has 2 N–H and O–H groups in total. The van der Waals surface area contributed by atoms with Crippen LogP contribution in [0.3, 0.4) is 0 Å². The van der Waals surface area contributed by atoms with E-state index in [1.54, 1.807) is 6.08 Å². The Bertz CT molecular complexity index is 663. The van der Waals surface area contributed by atoms with Crippen LogP contribution in [0.2, 0.25) is 0 Å². The maximum Gasteiger partial charge on any atom is 0.408 e. The number of rotatable bonds is 15. The molecule has 1 aromatic carbocycles. The van der Waals surface area contributed by atoms with Crippen LogP contribution in [-0.4, -0.2) is 37.8 Å². The number of alkyl carbamates (subject to hydrolysis) is 1. The van der Waals surface area contributed by atoms with Crippen LogP contribution < -0.4 is 10.6 Å². The van der Waals surface area contributed by atoms with Crippen LogP contribution >= 0.6 is 0 Å². The maximum atomic E-state index is 12.3. The van der Waals surface area contributed by atoms with E-state index in [2.05, 4.69) is 24.5 Å². The molecule has 0 heterocycles. The molecule has 0 aromatic heterocycles. The molecule has 6 heteroatoms. The lowest BCUT2D eigenvalue weighted by atomic mass is 9.86. The van der Waals surface area contributed by atoms with Crippen molar-refractivity contribution in [3.63, 3.8) is 0 Å². The number of carbonyl (C=O) groups excluding carboxylic acids is 2. The van der Waals surface area contributed by atoms with Crippen molar-refractivity contribution >= 4 is 12.1 Å². The Morgan fingerprint density at radius 1 is 1.03 bits per heavy atom. The SMILES string of the molecule is CCCCCCCC(/C=C/C(NC(=O)OCc1ccccc1)C(=O)OC)(CCC)NC. The summed E-state index contributed by atoms with van der Waals surface area (Å²) in [6.45, 7) is 4.49. The van der Waals surface area contributed by atoms with Gasteiger partial charge in [0.2, 0.25) is 0 Å². The monoisotopic (exact) mass is 432 g/mol. The summed E-state index contributed by atoms with van der Waals surface area (Å²) in [4.78, 5) is 24.5. The standard InChI is InChI=1S/C25H40N2O4/c1-5-7-8-9-13-18-25(26-3,17-6-2)19-16-22(23(28)30-4)27-24(29)31-20-21-14-11-10-12-15-21/h10-12,14-16,19,22,26H,5-9,13,17-18,20H2,1-4H3,(H,27,29)/b19-16+. The van der Waals surface area contributed by atoms with Crippen molar-refractivity contribution in [2.75, 3.05) is 14.2 Å². The quantitative estimate of drug-likeness (QED) is 0.228. The summed E-state index contributed by atoms with van der Waals surface area (Å²) in [6, 6.07) is 8.50. The highest BCUT2D eigenvalue weighted by atomic mass is 16.6. The molecule has 0 fully saturated rings. The number of nitrogens with one attached hydrogen (secondary N) is 2. The van der Waals surface area contributed by atoms with E-state index in [4.69, 9.17) is 9.47 Å². The second-order valence-corrected chi connectivity index (χ2v) is 7.89. The van der Waals surface area contributed by atoms with Crippen molar-refractivity contribution < 1.29 is 19.1 Å². The molecule has 0 aliphatic rings. The van der Waals surface area contributed by atoms with E-state index in [1.807, 2.05) is 43.5 Å². The van der Waals surface area contributed by atoms with Crippen molar-refractivity contribution in [1.29, 1.82) is 0 Å². The molecule has 0 saturated heterocycles. The first kappa shape index (κ1) is 26.7. The van der Waals surface area contributed by atoms with Crippen LogP contribution in [0.5, 0.6) is 0 Å². The van der Waals surface area contributed by atoms with Gasteiger partial charge in [0, 0.05) is 5.54 Å². The van der Waals surface area contributed by atoms with E-state index < -0.39 is 18.1 Å². The van der Waals surface area contributed by atoms with Crippen LogP contribution in [0.4, 0.5) is 4.79 Å². The summed E-state index contributed by atoms with van der Waals surface area (Å²) >= 11 is 0. The van der Waals surface area contributed by atoms with Crippen LogP contribution in [-0.2, 0) is 20.9 Å². The third-order valence-corrected chi connectivity index (χ3v) is 5.47. The van der Waals surface area contributed by atoms with Gasteiger partial charge in [-0.2, -0.15) is 0 Å². The number of amides is 1. The Labute approximate surface area is 187 Å². The van der Waals surface area contributed by atoms with E-state index in [1.165, 1.54) is 32.8 Å². The van der Waals surface area contributed by atoms with E-state index in [-0.39, 0.29) is 12.1 Å². The van der Waals surface area contributed by atoms with Crippen LogP contribution in [0.15, 0.2) is 42.5 Å². The van der Waals surface area contributed by atoms with Crippen LogP contribution in [0, 0.1) is 0 Å². The van der Waals surface area contributed by atoms with Gasteiger partial charge in [0.1, 0.15) is 12.6 Å². The first-order valence-corrected chi connectivity index (χ1v) is 11.4. The molecule has 1 aromatic rings. The Hall–Kier alpha value is -2.34. The first-order chi connectivity index (χ1) is 15.0.